The van der Waals surface area contributed by atoms with Gasteiger partial charge in [-0.3, -0.25) is 10.1 Å². The van der Waals surface area contributed by atoms with Crippen LogP contribution in [0.3, 0.4) is 0 Å². The zero-order valence-electron chi connectivity index (χ0n) is 14.7. The fourth-order valence-corrected chi connectivity index (χ4v) is 4.73. The van der Waals surface area contributed by atoms with Gasteiger partial charge in [0.2, 0.25) is 10.0 Å². The molecule has 0 fully saturated rings. The number of hydrogen-bond donors (Lipinski definition) is 1. The molecule has 2 heterocycles. The van der Waals surface area contributed by atoms with Gasteiger partial charge in [0.1, 0.15) is 5.82 Å². The molecule has 1 N–H and O–H groups in total. The number of benzene rings is 1. The Morgan fingerprint density at radius 3 is 2.77 bits per heavy atom. The first-order chi connectivity index (χ1) is 12.3. The molecule has 0 amide bonds. The SMILES string of the molecule is Cc1c([N+](=O)[O-])cccc1S(=O)(=O)N[C@@H](C)c1nnc2n1CCCCC2. The summed E-state index contributed by atoms with van der Waals surface area (Å²) in [6.45, 7) is 3.90. The Kier molecular flexibility index (Phi) is 5.05. The van der Waals surface area contributed by atoms with Crippen molar-refractivity contribution < 1.29 is 13.3 Å². The quantitative estimate of drug-likeness (QED) is 0.628. The molecule has 9 nitrogen and oxygen atoms in total. The van der Waals surface area contributed by atoms with Gasteiger partial charge in [-0.05, 0) is 32.8 Å². The van der Waals surface area contributed by atoms with E-state index in [0.717, 1.165) is 38.1 Å². The van der Waals surface area contributed by atoms with Gasteiger partial charge in [0.05, 0.1) is 15.9 Å². The normalized spacial score (nSPS) is 15.9. The van der Waals surface area contributed by atoms with Crippen molar-refractivity contribution in [2.24, 2.45) is 0 Å². The van der Waals surface area contributed by atoms with Crippen LogP contribution in [-0.2, 0) is 23.0 Å². The van der Waals surface area contributed by atoms with Crippen molar-refractivity contribution in [3.05, 3.63) is 45.5 Å². The van der Waals surface area contributed by atoms with Gasteiger partial charge in [-0.1, -0.05) is 12.5 Å². The molecule has 0 unspecified atom stereocenters. The van der Waals surface area contributed by atoms with Crippen LogP contribution in [0.5, 0.6) is 0 Å². The van der Waals surface area contributed by atoms with E-state index in [4.69, 9.17) is 0 Å². The number of nitrogens with one attached hydrogen (secondary N) is 1. The van der Waals surface area contributed by atoms with Crippen LogP contribution in [0.25, 0.3) is 0 Å². The molecule has 1 aliphatic heterocycles. The molecule has 3 rings (SSSR count). The molecule has 1 atom stereocenters. The summed E-state index contributed by atoms with van der Waals surface area (Å²) in [5.74, 6) is 1.43. The molecule has 0 spiro atoms. The lowest BCUT2D eigenvalue weighted by Gasteiger charge is -2.16. The third-order valence-electron chi connectivity index (χ3n) is 4.60. The molecule has 1 aromatic carbocycles. The highest BCUT2D eigenvalue weighted by atomic mass is 32.2. The van der Waals surface area contributed by atoms with E-state index in [2.05, 4.69) is 14.9 Å². The molecule has 10 heteroatoms. The molecular weight excluding hydrogens is 358 g/mol. The van der Waals surface area contributed by atoms with Gasteiger partial charge in [-0.25, -0.2) is 13.1 Å². The third kappa shape index (κ3) is 3.47. The van der Waals surface area contributed by atoms with Crippen molar-refractivity contribution in [3.63, 3.8) is 0 Å². The predicted octanol–water partition coefficient (Wildman–Crippen LogP) is 2.26. The second kappa shape index (κ2) is 7.12. The summed E-state index contributed by atoms with van der Waals surface area (Å²) in [6.07, 6.45) is 3.98. The van der Waals surface area contributed by atoms with Crippen molar-refractivity contribution in [1.29, 1.82) is 0 Å². The van der Waals surface area contributed by atoms with Crippen LogP contribution in [0.4, 0.5) is 5.69 Å². The van der Waals surface area contributed by atoms with Crippen LogP contribution in [0.15, 0.2) is 23.1 Å². The van der Waals surface area contributed by atoms with Crippen LogP contribution < -0.4 is 4.72 Å². The number of aromatic nitrogens is 3. The van der Waals surface area contributed by atoms with E-state index in [0.29, 0.717) is 5.82 Å². The zero-order valence-corrected chi connectivity index (χ0v) is 15.5. The van der Waals surface area contributed by atoms with E-state index < -0.39 is 21.0 Å². The summed E-state index contributed by atoms with van der Waals surface area (Å²) in [4.78, 5) is 10.4. The summed E-state index contributed by atoms with van der Waals surface area (Å²) in [5, 5.41) is 19.4. The van der Waals surface area contributed by atoms with Gasteiger partial charge in [0.25, 0.3) is 5.69 Å². The lowest BCUT2D eigenvalue weighted by atomic mass is 10.2. The second-order valence-corrected chi connectivity index (χ2v) is 8.12. The minimum absolute atomic E-state index is 0.103. The molecule has 26 heavy (non-hydrogen) atoms. The molecule has 0 aliphatic carbocycles. The van der Waals surface area contributed by atoms with Gasteiger partial charge < -0.3 is 4.57 Å². The largest absolute Gasteiger partial charge is 0.314 e. The first-order valence-electron chi connectivity index (χ1n) is 8.49. The smallest absolute Gasteiger partial charge is 0.273 e. The fourth-order valence-electron chi connectivity index (χ4n) is 3.27. The Morgan fingerprint density at radius 2 is 2.04 bits per heavy atom. The summed E-state index contributed by atoms with van der Waals surface area (Å²) >= 11 is 0. The van der Waals surface area contributed by atoms with Gasteiger partial charge in [-0.2, -0.15) is 0 Å². The molecule has 1 aliphatic rings. The van der Waals surface area contributed by atoms with E-state index >= 15 is 0 Å². The number of fused-ring (bicyclic) bond motifs is 1. The van der Waals surface area contributed by atoms with Gasteiger partial charge in [0, 0.05) is 24.6 Å². The molecule has 140 valence electrons. The second-order valence-electron chi connectivity index (χ2n) is 6.44. The predicted molar refractivity (Wildman–Crippen MR) is 94.1 cm³/mol. The third-order valence-corrected chi connectivity index (χ3v) is 6.28. The van der Waals surface area contributed by atoms with E-state index in [-0.39, 0.29) is 16.1 Å². The number of rotatable bonds is 5. The van der Waals surface area contributed by atoms with E-state index in [1.807, 2.05) is 4.57 Å². The highest BCUT2D eigenvalue weighted by Gasteiger charge is 2.27. The molecule has 2 aromatic rings. The van der Waals surface area contributed by atoms with Crippen molar-refractivity contribution in [2.45, 2.75) is 57.0 Å². The molecule has 1 aromatic heterocycles. The lowest BCUT2D eigenvalue weighted by Crippen LogP contribution is -2.29. The minimum atomic E-state index is -3.94. The minimum Gasteiger partial charge on any atom is -0.314 e. The van der Waals surface area contributed by atoms with Crippen LogP contribution >= 0.6 is 0 Å². The molecule has 0 saturated heterocycles. The Labute approximate surface area is 151 Å². The van der Waals surface area contributed by atoms with Crippen molar-refractivity contribution in [2.75, 3.05) is 0 Å². The number of nitro groups is 1. The topological polar surface area (TPSA) is 120 Å². The van der Waals surface area contributed by atoms with Gasteiger partial charge in [-0.15, -0.1) is 10.2 Å². The van der Waals surface area contributed by atoms with Gasteiger partial charge >= 0.3 is 0 Å². The Balaban J connectivity index is 1.90. The standard InChI is InChI=1S/C16H21N5O4S/c1-11-13(21(22)23)7-6-8-14(11)26(24,25)19-12(2)16-18-17-15-9-4-3-5-10-20(15)16/h6-8,12,19H,3-5,9-10H2,1-2H3/t12-/m0/s1. The monoisotopic (exact) mass is 379 g/mol. The average molecular weight is 379 g/mol. The average Bonchev–Trinajstić information content (AvgIpc) is 2.83. The van der Waals surface area contributed by atoms with E-state index in [1.165, 1.54) is 25.1 Å². The van der Waals surface area contributed by atoms with Crippen LogP contribution in [0.1, 0.15) is 49.4 Å². The zero-order chi connectivity index (χ0) is 18.9. The van der Waals surface area contributed by atoms with Crippen LogP contribution in [0.2, 0.25) is 0 Å². The maximum absolute atomic E-state index is 12.8. The van der Waals surface area contributed by atoms with Gasteiger partial charge in [0.15, 0.2) is 5.82 Å². The molecular formula is C16H21N5O4S. The Bertz CT molecular complexity index is 938. The Morgan fingerprint density at radius 1 is 1.27 bits per heavy atom. The van der Waals surface area contributed by atoms with E-state index in [1.54, 1.807) is 6.92 Å². The van der Waals surface area contributed by atoms with Crippen molar-refractivity contribution in [1.82, 2.24) is 19.5 Å². The van der Waals surface area contributed by atoms with Crippen molar-refractivity contribution >= 4 is 15.7 Å². The lowest BCUT2D eigenvalue weighted by molar-refractivity contribution is -0.385. The highest BCUT2D eigenvalue weighted by molar-refractivity contribution is 7.89. The number of nitro benzene ring substituents is 1. The first-order valence-corrected chi connectivity index (χ1v) is 9.98. The number of hydrogen-bond acceptors (Lipinski definition) is 6. The maximum atomic E-state index is 12.8. The van der Waals surface area contributed by atoms with Crippen LogP contribution in [-0.4, -0.2) is 28.1 Å². The number of sulfonamides is 1. The van der Waals surface area contributed by atoms with Crippen molar-refractivity contribution in [3.8, 4) is 0 Å². The molecule has 0 saturated carbocycles. The molecule has 0 bridgehead atoms. The highest BCUT2D eigenvalue weighted by Crippen LogP contribution is 2.26. The van der Waals surface area contributed by atoms with Crippen LogP contribution in [0, 0.1) is 17.0 Å². The summed E-state index contributed by atoms with van der Waals surface area (Å²) in [5.41, 5.74) is -0.117. The fraction of sp³-hybridized carbons (Fsp3) is 0.500. The Hall–Kier alpha value is -2.33. The first kappa shape index (κ1) is 18.5. The maximum Gasteiger partial charge on any atom is 0.273 e. The van der Waals surface area contributed by atoms with E-state index in [9.17, 15) is 18.5 Å². The summed E-state index contributed by atoms with van der Waals surface area (Å²) in [6, 6.07) is 3.42. The number of aryl methyl sites for hydroxylation is 1. The molecule has 0 radical (unpaired) electrons. The number of nitrogens with zero attached hydrogens (tertiary/aromatic N) is 4. The summed E-state index contributed by atoms with van der Waals surface area (Å²) < 4.78 is 30.1. The summed E-state index contributed by atoms with van der Waals surface area (Å²) in [7, 11) is -3.94.